The Hall–Kier alpha value is -0.0800. The summed E-state index contributed by atoms with van der Waals surface area (Å²) in [7, 11) is 0. The fraction of sp³-hybridized carbons (Fsp3) is 1.00. The van der Waals surface area contributed by atoms with Gasteiger partial charge in [0.1, 0.15) is 0 Å². The summed E-state index contributed by atoms with van der Waals surface area (Å²) in [6.45, 7) is 4.61. The average Bonchev–Trinajstić information content (AvgIpc) is 2.43. The number of hydrogen-bond donors (Lipinski definition) is 2. The summed E-state index contributed by atoms with van der Waals surface area (Å²) >= 11 is 0. The zero-order valence-electron chi connectivity index (χ0n) is 13.0. The zero-order valence-corrected chi connectivity index (χ0v) is 13.0. The molecule has 6 atom stereocenters. The van der Waals surface area contributed by atoms with E-state index in [1.807, 2.05) is 0 Å². The molecule has 2 fully saturated rings. The smallest absolute Gasteiger partial charge is 0.00672 e. The van der Waals surface area contributed by atoms with Crippen LogP contribution in [0.25, 0.3) is 0 Å². The Morgan fingerprint density at radius 3 is 1.53 bits per heavy atom. The van der Waals surface area contributed by atoms with Crippen molar-refractivity contribution in [2.45, 2.75) is 83.7 Å². The van der Waals surface area contributed by atoms with E-state index in [-0.39, 0.29) is 0 Å². The van der Waals surface area contributed by atoms with Crippen molar-refractivity contribution in [3.05, 3.63) is 0 Å². The molecule has 112 valence electrons. The molecule has 0 amide bonds. The van der Waals surface area contributed by atoms with E-state index in [1.54, 1.807) is 0 Å². The third-order valence-corrected chi connectivity index (χ3v) is 6.02. The van der Waals surface area contributed by atoms with Crippen molar-refractivity contribution in [1.82, 2.24) is 0 Å². The second-order valence-electron chi connectivity index (χ2n) is 7.26. The van der Waals surface area contributed by atoms with Crippen LogP contribution in [0.4, 0.5) is 0 Å². The lowest BCUT2D eigenvalue weighted by molar-refractivity contribution is 0.154. The maximum Gasteiger partial charge on any atom is 0.00672 e. The molecule has 2 aliphatic rings. The molecule has 19 heavy (non-hydrogen) atoms. The highest BCUT2D eigenvalue weighted by Gasteiger charge is 2.32. The Morgan fingerprint density at radius 2 is 1.16 bits per heavy atom. The molecule has 0 aromatic carbocycles. The van der Waals surface area contributed by atoms with E-state index in [1.165, 1.54) is 57.8 Å². The van der Waals surface area contributed by atoms with Gasteiger partial charge in [-0.05, 0) is 68.6 Å². The van der Waals surface area contributed by atoms with Crippen LogP contribution < -0.4 is 11.5 Å². The van der Waals surface area contributed by atoms with Crippen molar-refractivity contribution >= 4 is 0 Å². The second kappa shape index (κ2) is 7.08. The highest BCUT2D eigenvalue weighted by atomic mass is 14.7. The van der Waals surface area contributed by atoms with Gasteiger partial charge >= 0.3 is 0 Å². The van der Waals surface area contributed by atoms with Gasteiger partial charge < -0.3 is 11.5 Å². The SMILES string of the molecule is CCC1CC(CC2CCC(N)C(CC)C2)CCC1N. The minimum atomic E-state index is 0.476. The molecule has 2 heteroatoms. The van der Waals surface area contributed by atoms with Crippen LogP contribution in [0.5, 0.6) is 0 Å². The maximum absolute atomic E-state index is 6.23. The van der Waals surface area contributed by atoms with Gasteiger partial charge in [0.05, 0.1) is 0 Å². The van der Waals surface area contributed by atoms with E-state index in [0.29, 0.717) is 12.1 Å². The van der Waals surface area contributed by atoms with Gasteiger partial charge in [-0.25, -0.2) is 0 Å². The minimum Gasteiger partial charge on any atom is -0.327 e. The molecule has 0 aromatic rings. The van der Waals surface area contributed by atoms with E-state index in [9.17, 15) is 0 Å². The van der Waals surface area contributed by atoms with E-state index < -0.39 is 0 Å². The summed E-state index contributed by atoms with van der Waals surface area (Å²) in [5.41, 5.74) is 12.5. The summed E-state index contributed by atoms with van der Waals surface area (Å²) in [5, 5.41) is 0. The fourth-order valence-corrected chi connectivity index (χ4v) is 4.61. The zero-order chi connectivity index (χ0) is 13.8. The Balaban J connectivity index is 1.81. The molecular weight excluding hydrogens is 232 g/mol. The second-order valence-corrected chi connectivity index (χ2v) is 7.26. The molecule has 6 unspecified atom stereocenters. The van der Waals surface area contributed by atoms with Crippen LogP contribution in [0.2, 0.25) is 0 Å². The number of nitrogens with two attached hydrogens (primary N) is 2. The van der Waals surface area contributed by atoms with Gasteiger partial charge in [-0.3, -0.25) is 0 Å². The molecule has 0 saturated heterocycles. The van der Waals surface area contributed by atoms with E-state index in [0.717, 1.165) is 23.7 Å². The standard InChI is InChI=1S/C17H34N2/c1-3-14-10-12(5-7-16(14)18)9-13-6-8-17(19)15(4-2)11-13/h12-17H,3-11,18-19H2,1-2H3. The van der Waals surface area contributed by atoms with E-state index >= 15 is 0 Å². The van der Waals surface area contributed by atoms with Crippen LogP contribution in [0.1, 0.15) is 71.6 Å². The van der Waals surface area contributed by atoms with Crippen molar-refractivity contribution in [2.24, 2.45) is 35.1 Å². The van der Waals surface area contributed by atoms with Gasteiger partial charge in [0.15, 0.2) is 0 Å². The van der Waals surface area contributed by atoms with Gasteiger partial charge in [-0.15, -0.1) is 0 Å². The first kappa shape index (κ1) is 15.3. The quantitative estimate of drug-likeness (QED) is 0.815. The molecule has 0 aliphatic heterocycles. The van der Waals surface area contributed by atoms with Crippen LogP contribution in [-0.4, -0.2) is 12.1 Å². The van der Waals surface area contributed by atoms with Crippen molar-refractivity contribution in [3.8, 4) is 0 Å². The lowest BCUT2D eigenvalue weighted by Gasteiger charge is -2.38. The Morgan fingerprint density at radius 1 is 0.737 bits per heavy atom. The Kier molecular flexibility index (Phi) is 5.70. The molecule has 0 heterocycles. The summed E-state index contributed by atoms with van der Waals surface area (Å²) < 4.78 is 0. The minimum absolute atomic E-state index is 0.476. The van der Waals surface area contributed by atoms with Crippen molar-refractivity contribution in [2.75, 3.05) is 0 Å². The highest BCUT2D eigenvalue weighted by Crippen LogP contribution is 2.39. The summed E-state index contributed by atoms with van der Waals surface area (Å²) in [6.07, 6.45) is 12.0. The topological polar surface area (TPSA) is 52.0 Å². The van der Waals surface area contributed by atoms with Gasteiger partial charge in [0, 0.05) is 12.1 Å². The van der Waals surface area contributed by atoms with E-state index in [4.69, 9.17) is 11.5 Å². The fourth-order valence-electron chi connectivity index (χ4n) is 4.61. The predicted octanol–water partition coefficient (Wildman–Crippen LogP) is 3.68. The van der Waals surface area contributed by atoms with Gasteiger partial charge in [-0.2, -0.15) is 0 Å². The molecule has 2 saturated carbocycles. The summed E-state index contributed by atoms with van der Waals surface area (Å²) in [6, 6.07) is 0.953. The van der Waals surface area contributed by atoms with Crippen LogP contribution in [0, 0.1) is 23.7 Å². The molecule has 2 nitrogen and oxygen atoms in total. The summed E-state index contributed by atoms with van der Waals surface area (Å²) in [5.74, 6) is 3.46. The monoisotopic (exact) mass is 266 g/mol. The normalized spacial score (nSPS) is 44.2. The van der Waals surface area contributed by atoms with Crippen LogP contribution in [0.15, 0.2) is 0 Å². The third kappa shape index (κ3) is 3.95. The Bertz CT molecular complexity index is 240. The first-order valence-electron chi connectivity index (χ1n) is 8.65. The maximum atomic E-state index is 6.23. The lowest BCUT2D eigenvalue weighted by Crippen LogP contribution is -2.38. The molecule has 0 spiro atoms. The first-order valence-corrected chi connectivity index (χ1v) is 8.65. The highest BCUT2D eigenvalue weighted by molar-refractivity contribution is 4.86. The van der Waals surface area contributed by atoms with Crippen LogP contribution >= 0.6 is 0 Å². The van der Waals surface area contributed by atoms with Gasteiger partial charge in [0.2, 0.25) is 0 Å². The average molecular weight is 266 g/mol. The van der Waals surface area contributed by atoms with Gasteiger partial charge in [-0.1, -0.05) is 26.7 Å². The number of rotatable bonds is 4. The summed E-state index contributed by atoms with van der Waals surface area (Å²) in [4.78, 5) is 0. The molecule has 0 bridgehead atoms. The van der Waals surface area contributed by atoms with E-state index in [2.05, 4.69) is 13.8 Å². The van der Waals surface area contributed by atoms with Crippen molar-refractivity contribution < 1.29 is 0 Å². The molecule has 0 aromatic heterocycles. The third-order valence-electron chi connectivity index (χ3n) is 6.02. The lowest BCUT2D eigenvalue weighted by atomic mass is 9.69. The van der Waals surface area contributed by atoms with Gasteiger partial charge in [0.25, 0.3) is 0 Å². The molecule has 4 N–H and O–H groups in total. The Labute approximate surface area is 119 Å². The predicted molar refractivity (Wildman–Crippen MR) is 82.8 cm³/mol. The van der Waals surface area contributed by atoms with Crippen LogP contribution in [0.3, 0.4) is 0 Å². The van der Waals surface area contributed by atoms with Crippen LogP contribution in [-0.2, 0) is 0 Å². The molecule has 2 aliphatic carbocycles. The molecule has 0 radical (unpaired) electrons. The van der Waals surface area contributed by atoms with Crippen molar-refractivity contribution in [1.29, 1.82) is 0 Å². The number of hydrogen-bond acceptors (Lipinski definition) is 2. The molecule has 2 rings (SSSR count). The molecular formula is C17H34N2. The largest absolute Gasteiger partial charge is 0.327 e. The van der Waals surface area contributed by atoms with Crippen molar-refractivity contribution in [3.63, 3.8) is 0 Å². The first-order chi connectivity index (χ1) is 9.13.